The molecule has 0 aliphatic carbocycles. The van der Waals surface area contributed by atoms with Crippen LogP contribution in [-0.4, -0.2) is 19.1 Å². The molecule has 2 rings (SSSR count). The summed E-state index contributed by atoms with van der Waals surface area (Å²) in [6, 6.07) is 8.53. The molecule has 0 bridgehead atoms. The van der Waals surface area contributed by atoms with Gasteiger partial charge < -0.3 is 15.4 Å². The molecule has 0 radical (unpaired) electrons. The van der Waals surface area contributed by atoms with E-state index in [1.54, 1.807) is 18.4 Å². The number of methoxy groups -OCH3 is 1. The summed E-state index contributed by atoms with van der Waals surface area (Å²) in [6.45, 7) is 3.97. The summed E-state index contributed by atoms with van der Waals surface area (Å²) < 4.78 is 5.17. The van der Waals surface area contributed by atoms with Gasteiger partial charge in [-0.2, -0.15) is 0 Å². The Morgan fingerprint density at radius 1 is 1.40 bits per heavy atom. The highest BCUT2D eigenvalue weighted by atomic mass is 32.1. The molecule has 0 fully saturated rings. The highest BCUT2D eigenvalue weighted by molar-refractivity contribution is 7.15. The number of nitrogens with zero attached hydrogens (tertiary/aromatic N) is 2. The maximum absolute atomic E-state index is 5.76. The molecule has 0 saturated carbocycles. The minimum Gasteiger partial charge on any atom is -0.378 e. The molecule has 2 N–H and O–H groups in total. The number of anilines is 1. The van der Waals surface area contributed by atoms with Gasteiger partial charge >= 0.3 is 0 Å². The zero-order valence-electron chi connectivity index (χ0n) is 12.2. The van der Waals surface area contributed by atoms with E-state index in [1.807, 2.05) is 0 Å². The first-order valence-corrected chi connectivity index (χ1v) is 7.40. The predicted molar refractivity (Wildman–Crippen MR) is 84.0 cm³/mol. The topological polar surface area (TPSA) is 51.4 Å². The Kier molecular flexibility index (Phi) is 5.11. The standard InChI is InChI=1S/C15H21N3OS/c1-11-5-4-6-12(7-11)9-18(2)15-17-13(10-19-3)14(8-16)20-15/h4-7H,8-10,16H2,1-3H3. The van der Waals surface area contributed by atoms with Crippen molar-refractivity contribution in [1.29, 1.82) is 0 Å². The van der Waals surface area contributed by atoms with Gasteiger partial charge in [0.1, 0.15) is 0 Å². The van der Waals surface area contributed by atoms with Crippen LogP contribution in [0.2, 0.25) is 0 Å². The smallest absolute Gasteiger partial charge is 0.185 e. The van der Waals surface area contributed by atoms with Gasteiger partial charge in [0.25, 0.3) is 0 Å². The first kappa shape index (κ1) is 15.0. The van der Waals surface area contributed by atoms with Crippen molar-refractivity contribution in [2.75, 3.05) is 19.1 Å². The molecule has 0 amide bonds. The molecule has 5 heteroatoms. The molecule has 1 aromatic heterocycles. The lowest BCUT2D eigenvalue weighted by molar-refractivity contribution is 0.181. The van der Waals surface area contributed by atoms with Gasteiger partial charge in [0, 0.05) is 32.1 Å². The Labute approximate surface area is 124 Å². The number of aryl methyl sites for hydroxylation is 1. The highest BCUT2D eigenvalue weighted by Gasteiger charge is 2.13. The quantitative estimate of drug-likeness (QED) is 0.889. The zero-order chi connectivity index (χ0) is 14.5. The molecule has 108 valence electrons. The van der Waals surface area contributed by atoms with Gasteiger partial charge in [-0.3, -0.25) is 0 Å². The van der Waals surface area contributed by atoms with Gasteiger partial charge in [0.15, 0.2) is 5.13 Å². The van der Waals surface area contributed by atoms with Crippen LogP contribution in [0.4, 0.5) is 5.13 Å². The Balaban J connectivity index is 2.14. The molecule has 0 aliphatic rings. The Morgan fingerprint density at radius 2 is 2.20 bits per heavy atom. The Hall–Kier alpha value is -1.43. The third-order valence-corrected chi connectivity index (χ3v) is 4.30. The van der Waals surface area contributed by atoms with E-state index in [2.05, 4.69) is 48.1 Å². The van der Waals surface area contributed by atoms with Crippen molar-refractivity contribution in [2.24, 2.45) is 5.73 Å². The number of hydrogen-bond donors (Lipinski definition) is 1. The van der Waals surface area contributed by atoms with Crippen molar-refractivity contribution in [2.45, 2.75) is 26.6 Å². The van der Waals surface area contributed by atoms with E-state index >= 15 is 0 Å². The van der Waals surface area contributed by atoms with Crippen LogP contribution in [0.1, 0.15) is 21.7 Å². The molecule has 1 heterocycles. The van der Waals surface area contributed by atoms with Crippen LogP contribution in [0, 0.1) is 6.92 Å². The highest BCUT2D eigenvalue weighted by Crippen LogP contribution is 2.27. The van der Waals surface area contributed by atoms with E-state index in [9.17, 15) is 0 Å². The average Bonchev–Trinajstić information content (AvgIpc) is 2.82. The second-order valence-corrected chi connectivity index (χ2v) is 5.91. The van der Waals surface area contributed by atoms with Crippen LogP contribution in [0.3, 0.4) is 0 Å². The van der Waals surface area contributed by atoms with Crippen molar-refractivity contribution >= 4 is 16.5 Å². The molecule has 1 aromatic carbocycles. The van der Waals surface area contributed by atoms with Crippen molar-refractivity contribution < 1.29 is 4.74 Å². The lowest BCUT2D eigenvalue weighted by atomic mass is 10.1. The first-order valence-electron chi connectivity index (χ1n) is 6.58. The first-order chi connectivity index (χ1) is 9.63. The number of thiazole rings is 1. The van der Waals surface area contributed by atoms with Crippen molar-refractivity contribution in [3.8, 4) is 0 Å². The normalized spacial score (nSPS) is 10.8. The minimum atomic E-state index is 0.509. The van der Waals surface area contributed by atoms with E-state index in [4.69, 9.17) is 10.5 Å². The van der Waals surface area contributed by atoms with E-state index < -0.39 is 0 Å². The van der Waals surface area contributed by atoms with Gasteiger partial charge in [-0.1, -0.05) is 29.8 Å². The molecule has 0 unspecified atom stereocenters. The van der Waals surface area contributed by atoms with Crippen LogP contribution >= 0.6 is 11.3 Å². The molecule has 4 nitrogen and oxygen atoms in total. The average molecular weight is 291 g/mol. The monoisotopic (exact) mass is 291 g/mol. The van der Waals surface area contributed by atoms with E-state index in [0.717, 1.165) is 22.2 Å². The Morgan fingerprint density at radius 3 is 2.85 bits per heavy atom. The van der Waals surface area contributed by atoms with Crippen LogP contribution in [0.5, 0.6) is 0 Å². The largest absolute Gasteiger partial charge is 0.378 e. The fourth-order valence-electron chi connectivity index (χ4n) is 2.09. The second-order valence-electron chi connectivity index (χ2n) is 4.85. The maximum atomic E-state index is 5.76. The molecule has 0 saturated heterocycles. The minimum absolute atomic E-state index is 0.509. The lowest BCUT2D eigenvalue weighted by Gasteiger charge is -2.16. The van der Waals surface area contributed by atoms with Crippen LogP contribution in [0.15, 0.2) is 24.3 Å². The summed E-state index contributed by atoms with van der Waals surface area (Å²) in [4.78, 5) is 7.87. The summed E-state index contributed by atoms with van der Waals surface area (Å²) in [5.41, 5.74) is 9.27. The summed E-state index contributed by atoms with van der Waals surface area (Å²) >= 11 is 1.64. The number of nitrogens with two attached hydrogens (primary N) is 1. The second kappa shape index (κ2) is 6.83. The molecule has 0 aliphatic heterocycles. The maximum Gasteiger partial charge on any atom is 0.185 e. The van der Waals surface area contributed by atoms with Crippen molar-refractivity contribution in [3.05, 3.63) is 46.0 Å². The Bertz CT molecular complexity index is 568. The third kappa shape index (κ3) is 3.56. The third-order valence-electron chi connectivity index (χ3n) is 3.06. The van der Waals surface area contributed by atoms with Gasteiger partial charge in [-0.25, -0.2) is 4.98 Å². The van der Waals surface area contributed by atoms with Gasteiger partial charge in [0.2, 0.25) is 0 Å². The van der Waals surface area contributed by atoms with Crippen LogP contribution in [-0.2, 0) is 24.4 Å². The lowest BCUT2D eigenvalue weighted by Crippen LogP contribution is -2.16. The summed E-state index contributed by atoms with van der Waals surface area (Å²) in [7, 11) is 3.73. The van der Waals surface area contributed by atoms with E-state index in [0.29, 0.717) is 13.2 Å². The van der Waals surface area contributed by atoms with Crippen LogP contribution in [0.25, 0.3) is 0 Å². The van der Waals surface area contributed by atoms with E-state index in [1.165, 1.54) is 11.1 Å². The van der Waals surface area contributed by atoms with Gasteiger partial charge in [0.05, 0.1) is 12.3 Å². The predicted octanol–water partition coefficient (Wildman–Crippen LogP) is 2.69. The molecule has 2 aromatic rings. The van der Waals surface area contributed by atoms with Crippen LogP contribution < -0.4 is 10.6 Å². The fourth-order valence-corrected chi connectivity index (χ4v) is 3.00. The van der Waals surface area contributed by atoms with E-state index in [-0.39, 0.29) is 0 Å². The molecular weight excluding hydrogens is 270 g/mol. The summed E-state index contributed by atoms with van der Waals surface area (Å²) in [5.74, 6) is 0. The molecule has 20 heavy (non-hydrogen) atoms. The number of rotatable bonds is 6. The van der Waals surface area contributed by atoms with Crippen molar-refractivity contribution in [3.63, 3.8) is 0 Å². The number of benzene rings is 1. The zero-order valence-corrected chi connectivity index (χ0v) is 13.0. The van der Waals surface area contributed by atoms with Gasteiger partial charge in [-0.15, -0.1) is 11.3 Å². The van der Waals surface area contributed by atoms with Gasteiger partial charge in [-0.05, 0) is 12.5 Å². The molecule has 0 spiro atoms. The summed E-state index contributed by atoms with van der Waals surface area (Å²) in [6.07, 6.45) is 0. The SMILES string of the molecule is COCc1nc(N(C)Cc2cccc(C)c2)sc1CN. The number of hydrogen-bond acceptors (Lipinski definition) is 5. The summed E-state index contributed by atoms with van der Waals surface area (Å²) in [5, 5.41) is 0.985. The fraction of sp³-hybridized carbons (Fsp3) is 0.400. The molecular formula is C15H21N3OS. The molecule has 0 atom stereocenters. The number of aromatic nitrogens is 1. The number of ether oxygens (including phenoxy) is 1. The van der Waals surface area contributed by atoms with Crippen molar-refractivity contribution in [1.82, 2.24) is 4.98 Å².